The molecule has 194 valence electrons. The summed E-state index contributed by atoms with van der Waals surface area (Å²) in [7, 11) is 3.10. The lowest BCUT2D eigenvalue weighted by atomic mass is 9.88. The van der Waals surface area contributed by atoms with Crippen molar-refractivity contribution in [3.05, 3.63) is 79.6 Å². The van der Waals surface area contributed by atoms with Gasteiger partial charge in [-0.2, -0.15) is 0 Å². The van der Waals surface area contributed by atoms with Crippen LogP contribution < -0.4 is 21.5 Å². The predicted octanol–water partition coefficient (Wildman–Crippen LogP) is 2.53. The number of Topliss-reactive ketones (excluding diaryl/α,β-unsaturated/α-hetero) is 1. The zero-order chi connectivity index (χ0) is 27.0. The minimum absolute atomic E-state index is 0.0360. The molecule has 0 aromatic heterocycles. The average Bonchev–Trinajstić information content (AvgIpc) is 3.18. The van der Waals surface area contributed by atoms with Crippen LogP contribution in [0.15, 0.2) is 52.1 Å². The number of carbonyl (C=O) groups is 2. The largest absolute Gasteiger partial charge is 0.505 e. The molecule has 0 fully saturated rings. The van der Waals surface area contributed by atoms with Gasteiger partial charge in [0.15, 0.2) is 11.5 Å². The Morgan fingerprint density at radius 2 is 1.70 bits per heavy atom. The van der Waals surface area contributed by atoms with Gasteiger partial charge in [0.25, 0.3) is 16.8 Å². The van der Waals surface area contributed by atoms with Crippen LogP contribution in [0.2, 0.25) is 0 Å². The number of hydrogen-bond acceptors (Lipinski definition) is 8. The van der Waals surface area contributed by atoms with Crippen molar-refractivity contribution in [2.75, 3.05) is 24.7 Å². The highest BCUT2D eigenvalue weighted by Gasteiger charge is 2.36. The van der Waals surface area contributed by atoms with E-state index in [0.717, 1.165) is 11.1 Å². The van der Waals surface area contributed by atoms with Crippen molar-refractivity contribution in [1.82, 2.24) is 4.90 Å². The van der Waals surface area contributed by atoms with Crippen molar-refractivity contribution in [3.8, 4) is 5.75 Å². The van der Waals surface area contributed by atoms with E-state index in [0.29, 0.717) is 6.42 Å². The maximum Gasteiger partial charge on any atom is 0.257 e. The fraction of sp³-hybridized carbons (Fsp3) is 0.357. The third-order valence-corrected chi connectivity index (χ3v) is 6.93. The van der Waals surface area contributed by atoms with E-state index in [9.17, 15) is 29.4 Å². The van der Waals surface area contributed by atoms with E-state index in [1.807, 2.05) is 38.1 Å². The number of ketones is 1. The molecule has 4 rings (SSSR count). The van der Waals surface area contributed by atoms with Crippen molar-refractivity contribution in [2.45, 2.75) is 44.8 Å². The monoisotopic (exact) mass is 505 g/mol. The van der Waals surface area contributed by atoms with E-state index in [1.165, 1.54) is 17.0 Å². The number of phenols is 1. The number of nitrogens with zero attached hydrogens (tertiary/aromatic N) is 1. The molecule has 0 spiro atoms. The molecular formula is C28H31N3O6. The Morgan fingerprint density at radius 1 is 1.03 bits per heavy atom. The number of carbonyl (C=O) groups excluding carboxylic acids is 2. The first kappa shape index (κ1) is 26.1. The van der Waals surface area contributed by atoms with Crippen LogP contribution >= 0.6 is 0 Å². The molecule has 1 amide bonds. The number of nitrogens with one attached hydrogen (secondary N) is 2. The van der Waals surface area contributed by atoms with Gasteiger partial charge >= 0.3 is 0 Å². The van der Waals surface area contributed by atoms with Gasteiger partial charge in [0.05, 0.1) is 23.4 Å². The first-order valence-corrected chi connectivity index (χ1v) is 12.2. The molecule has 37 heavy (non-hydrogen) atoms. The Bertz CT molecular complexity index is 1420. The maximum absolute atomic E-state index is 13.4. The summed E-state index contributed by atoms with van der Waals surface area (Å²) >= 11 is 0. The maximum atomic E-state index is 13.4. The van der Waals surface area contributed by atoms with Crippen LogP contribution in [-0.4, -0.2) is 53.0 Å². The Balaban J connectivity index is 1.56. The number of anilines is 3. The highest BCUT2D eigenvalue weighted by Crippen LogP contribution is 2.37. The number of aromatic hydroxyl groups is 1. The molecule has 0 heterocycles. The molecule has 0 aliphatic heterocycles. The number of aliphatic hydroxyl groups is 1. The summed E-state index contributed by atoms with van der Waals surface area (Å²) in [6.45, 7) is 3.66. The summed E-state index contributed by atoms with van der Waals surface area (Å²) in [5.41, 5.74) is 0.395. The number of phenolic OH excluding ortho intramolecular Hbond substituents is 1. The quantitative estimate of drug-likeness (QED) is 0.257. The fourth-order valence-corrected chi connectivity index (χ4v) is 4.86. The van der Waals surface area contributed by atoms with Crippen molar-refractivity contribution in [2.24, 2.45) is 5.92 Å². The molecule has 0 radical (unpaired) electrons. The van der Waals surface area contributed by atoms with E-state index in [1.54, 1.807) is 20.2 Å². The molecule has 9 nitrogen and oxygen atoms in total. The molecule has 0 bridgehead atoms. The van der Waals surface area contributed by atoms with E-state index in [2.05, 4.69) is 10.6 Å². The average molecular weight is 506 g/mol. The van der Waals surface area contributed by atoms with E-state index in [-0.39, 0.29) is 52.4 Å². The van der Waals surface area contributed by atoms with Crippen molar-refractivity contribution in [1.29, 1.82) is 0 Å². The molecule has 3 aromatic carbocycles. The number of amides is 1. The second kappa shape index (κ2) is 10.2. The van der Waals surface area contributed by atoms with Crippen LogP contribution in [0.1, 0.15) is 47.7 Å². The van der Waals surface area contributed by atoms with Crippen molar-refractivity contribution in [3.63, 3.8) is 0 Å². The number of rotatable bonds is 9. The summed E-state index contributed by atoms with van der Waals surface area (Å²) in [6, 6.07) is 11.3. The first-order valence-electron chi connectivity index (χ1n) is 12.2. The van der Waals surface area contributed by atoms with Crippen LogP contribution in [0.3, 0.4) is 0 Å². The SMILES string of the molecule is CC(C)[C@@H](Nc1c(Nc2cccc(C(=O)N(C)C)c2O)c(=O)c1=O)C(=O)C[C@H]1c2ccccc2C[C@H]1O. The summed E-state index contributed by atoms with van der Waals surface area (Å²) in [6.07, 6.45) is -0.0987. The lowest BCUT2D eigenvalue weighted by molar-refractivity contribution is -0.121. The number of fused-ring (bicyclic) bond motifs is 1. The molecule has 1 aliphatic carbocycles. The highest BCUT2D eigenvalue weighted by atomic mass is 16.3. The molecule has 3 atom stereocenters. The molecule has 4 N–H and O–H groups in total. The normalized spacial score (nSPS) is 17.5. The second-order valence-corrected chi connectivity index (χ2v) is 10.0. The lowest BCUT2D eigenvalue weighted by Gasteiger charge is -2.26. The van der Waals surface area contributed by atoms with Gasteiger partial charge in [0.2, 0.25) is 0 Å². The topological polar surface area (TPSA) is 136 Å². The van der Waals surface area contributed by atoms with Gasteiger partial charge in [-0.1, -0.05) is 44.2 Å². The fourth-order valence-electron chi connectivity index (χ4n) is 4.86. The standard InChI is InChI=1S/C28H31N3O6/c1-14(2)22(21(33)13-18-16-9-6-5-8-15(16)12-20(18)32)30-24-23(26(35)27(24)36)29-19-11-7-10-17(25(19)34)28(37)31(3)4/h5-11,14,18,20,22,29-30,32,34H,12-13H2,1-4H3/t18-,20+,22+/m0/s1. The third-order valence-electron chi connectivity index (χ3n) is 6.93. The van der Waals surface area contributed by atoms with Crippen LogP contribution in [0.25, 0.3) is 0 Å². The summed E-state index contributed by atoms with van der Waals surface area (Å²) in [5, 5.41) is 26.9. The van der Waals surface area contributed by atoms with Crippen LogP contribution in [0.4, 0.5) is 17.1 Å². The molecule has 9 heteroatoms. The van der Waals surface area contributed by atoms with Gasteiger partial charge in [-0.25, -0.2) is 0 Å². The second-order valence-electron chi connectivity index (χ2n) is 10.0. The molecule has 0 saturated heterocycles. The first-order chi connectivity index (χ1) is 17.5. The Kier molecular flexibility index (Phi) is 7.18. The van der Waals surface area contributed by atoms with Gasteiger partial charge in [0.1, 0.15) is 11.4 Å². The van der Waals surface area contributed by atoms with Crippen molar-refractivity contribution >= 4 is 28.8 Å². The van der Waals surface area contributed by atoms with Gasteiger partial charge in [-0.3, -0.25) is 19.2 Å². The minimum atomic E-state index is -0.790. The molecule has 3 aromatic rings. The molecule has 0 unspecified atom stereocenters. The zero-order valence-corrected chi connectivity index (χ0v) is 21.2. The Labute approximate surface area is 214 Å². The molecular weight excluding hydrogens is 474 g/mol. The van der Waals surface area contributed by atoms with E-state index in [4.69, 9.17) is 0 Å². The van der Waals surface area contributed by atoms with Crippen LogP contribution in [-0.2, 0) is 11.2 Å². The highest BCUT2D eigenvalue weighted by molar-refractivity contribution is 5.99. The number of para-hydroxylation sites is 1. The minimum Gasteiger partial charge on any atom is -0.505 e. The van der Waals surface area contributed by atoms with Gasteiger partial charge < -0.3 is 25.7 Å². The van der Waals surface area contributed by atoms with E-state index >= 15 is 0 Å². The lowest BCUT2D eigenvalue weighted by Crippen LogP contribution is -2.43. The Hall–Kier alpha value is -3.98. The summed E-state index contributed by atoms with van der Waals surface area (Å²) < 4.78 is 0. The van der Waals surface area contributed by atoms with Gasteiger partial charge in [-0.15, -0.1) is 0 Å². The molecule has 0 saturated carbocycles. The van der Waals surface area contributed by atoms with Crippen molar-refractivity contribution < 1.29 is 19.8 Å². The Morgan fingerprint density at radius 3 is 2.38 bits per heavy atom. The van der Waals surface area contributed by atoms with Gasteiger partial charge in [0, 0.05) is 26.4 Å². The summed E-state index contributed by atoms with van der Waals surface area (Å²) in [4.78, 5) is 51.9. The summed E-state index contributed by atoms with van der Waals surface area (Å²) in [5.74, 6) is -1.52. The van der Waals surface area contributed by atoms with E-state index < -0.39 is 28.9 Å². The predicted molar refractivity (Wildman–Crippen MR) is 142 cm³/mol. The number of benzene rings is 2. The van der Waals surface area contributed by atoms with Crippen LogP contribution in [0.5, 0.6) is 5.75 Å². The number of aliphatic hydroxyl groups excluding tert-OH is 1. The van der Waals surface area contributed by atoms with Gasteiger partial charge in [-0.05, 0) is 35.6 Å². The molecule has 1 aliphatic rings. The number of hydrogen-bond donors (Lipinski definition) is 4. The van der Waals surface area contributed by atoms with Crippen LogP contribution in [0, 0.1) is 5.92 Å². The smallest absolute Gasteiger partial charge is 0.257 e. The zero-order valence-electron chi connectivity index (χ0n) is 21.2. The third kappa shape index (κ3) is 4.86.